The first-order valence-corrected chi connectivity index (χ1v) is 11.8. The van der Waals surface area contributed by atoms with Gasteiger partial charge in [-0.05, 0) is 62.8 Å². The molecule has 31 heavy (non-hydrogen) atoms. The van der Waals surface area contributed by atoms with Crippen molar-refractivity contribution in [3.8, 4) is 0 Å². The zero-order valence-corrected chi connectivity index (χ0v) is 19.7. The lowest BCUT2D eigenvalue weighted by atomic mass is 9.80. The van der Waals surface area contributed by atoms with Gasteiger partial charge in [0.1, 0.15) is 11.6 Å². The quantitative estimate of drug-likeness (QED) is 0.633. The molecule has 168 valence electrons. The minimum Gasteiger partial charge on any atom is -0.395 e. The smallest absolute Gasteiger partial charge is 0.150 e. The first-order valence-electron chi connectivity index (χ1n) is 11.1. The summed E-state index contributed by atoms with van der Waals surface area (Å²) in [5, 5.41) is 14.0. The number of nitrogens with one attached hydrogen (secondary N) is 1. The Kier molecular flexibility index (Phi) is 7.22. The van der Waals surface area contributed by atoms with Crippen molar-refractivity contribution in [2.24, 2.45) is 11.8 Å². The zero-order chi connectivity index (χ0) is 22.0. The maximum absolute atomic E-state index is 9.23. The molecule has 2 aliphatic rings. The van der Waals surface area contributed by atoms with Crippen LogP contribution in [0.25, 0.3) is 0 Å². The highest BCUT2D eigenvalue weighted by Crippen LogP contribution is 2.34. The van der Waals surface area contributed by atoms with Gasteiger partial charge in [-0.2, -0.15) is 0 Å². The lowest BCUT2D eigenvalue weighted by Crippen LogP contribution is -2.54. The highest BCUT2D eigenvalue weighted by molar-refractivity contribution is 6.35. The Bertz CT molecular complexity index is 904. The lowest BCUT2D eigenvalue weighted by Gasteiger charge is -2.47. The van der Waals surface area contributed by atoms with E-state index in [2.05, 4.69) is 27.0 Å². The topological polar surface area (TPSA) is 64.5 Å². The van der Waals surface area contributed by atoms with Crippen LogP contribution in [0.5, 0.6) is 0 Å². The summed E-state index contributed by atoms with van der Waals surface area (Å²) < 4.78 is 0. The molecule has 0 bridgehead atoms. The maximum Gasteiger partial charge on any atom is 0.150 e. The van der Waals surface area contributed by atoms with Crippen molar-refractivity contribution in [2.45, 2.75) is 32.7 Å². The summed E-state index contributed by atoms with van der Waals surface area (Å²) in [5.74, 6) is 3.10. The van der Waals surface area contributed by atoms with Crippen LogP contribution in [0.2, 0.25) is 10.0 Å². The fourth-order valence-electron chi connectivity index (χ4n) is 4.68. The van der Waals surface area contributed by atoms with Gasteiger partial charge in [0.15, 0.2) is 0 Å². The van der Waals surface area contributed by atoms with Crippen LogP contribution in [0.1, 0.15) is 37.1 Å². The van der Waals surface area contributed by atoms with Crippen molar-refractivity contribution in [3.05, 3.63) is 45.7 Å². The van der Waals surface area contributed by atoms with Crippen molar-refractivity contribution in [1.82, 2.24) is 14.9 Å². The molecular weight excluding hydrogens is 433 g/mol. The first-order chi connectivity index (χ1) is 14.9. The Balaban J connectivity index is 1.38. The number of halogens is 2. The second-order valence-corrected chi connectivity index (χ2v) is 9.63. The third-order valence-electron chi connectivity index (χ3n) is 6.58. The number of β-amino-alcohol motifs (C(OH)–C–C–N with tert-alkyl or cyclic N) is 1. The van der Waals surface area contributed by atoms with Crippen LogP contribution in [0.4, 0.5) is 11.6 Å². The molecule has 8 heteroatoms. The van der Waals surface area contributed by atoms with E-state index in [9.17, 15) is 5.11 Å². The van der Waals surface area contributed by atoms with Gasteiger partial charge in [0.05, 0.1) is 24.5 Å². The van der Waals surface area contributed by atoms with Crippen molar-refractivity contribution in [2.75, 3.05) is 49.5 Å². The van der Waals surface area contributed by atoms with E-state index in [1.807, 2.05) is 25.3 Å². The molecule has 0 aliphatic carbocycles. The van der Waals surface area contributed by atoms with Crippen molar-refractivity contribution >= 4 is 34.8 Å². The van der Waals surface area contributed by atoms with E-state index in [1.54, 1.807) is 6.07 Å². The molecule has 6 nitrogen and oxygen atoms in total. The van der Waals surface area contributed by atoms with Gasteiger partial charge < -0.3 is 20.2 Å². The third-order valence-corrected chi connectivity index (χ3v) is 7.15. The fraction of sp³-hybridized carbons (Fsp3) is 0.565. The first kappa shape index (κ1) is 22.6. The highest BCUT2D eigenvalue weighted by atomic mass is 35.5. The van der Waals surface area contributed by atoms with Gasteiger partial charge in [-0.25, -0.2) is 4.98 Å². The number of likely N-dealkylation sites (tertiary alicyclic amines) is 1. The Morgan fingerprint density at radius 3 is 2.77 bits per heavy atom. The Morgan fingerprint density at radius 2 is 2.03 bits per heavy atom. The number of aliphatic hydroxyl groups is 1. The molecule has 2 saturated heterocycles. The summed E-state index contributed by atoms with van der Waals surface area (Å²) in [6.45, 7) is 9.32. The maximum atomic E-state index is 9.23. The molecule has 1 aromatic heterocycles. The number of hydrogen-bond acceptors (Lipinski definition) is 6. The second kappa shape index (κ2) is 9.90. The van der Waals surface area contributed by atoms with E-state index < -0.39 is 0 Å². The molecule has 0 amide bonds. The molecule has 2 atom stereocenters. The van der Waals surface area contributed by atoms with Gasteiger partial charge in [-0.1, -0.05) is 29.3 Å². The van der Waals surface area contributed by atoms with E-state index >= 15 is 0 Å². The summed E-state index contributed by atoms with van der Waals surface area (Å²) >= 11 is 12.4. The van der Waals surface area contributed by atoms with Crippen LogP contribution in [-0.4, -0.2) is 59.3 Å². The predicted molar refractivity (Wildman–Crippen MR) is 127 cm³/mol. The van der Waals surface area contributed by atoms with Crippen LogP contribution in [-0.2, 0) is 0 Å². The molecule has 1 aromatic carbocycles. The standard InChI is InChI=1S/C23H31Cl2N5O/c1-15(20-6-5-19(24)10-21(20)25)27-23-16(2)26-11-22(28-23)30-13-18(14-30)17-4-3-7-29(12-17)8-9-31/h5-6,10-11,15,17-18,31H,3-4,7-9,12-14H2,1-2H3,(H,27,28). The number of benzene rings is 1. The van der Waals surface area contributed by atoms with Crippen LogP contribution >= 0.6 is 23.2 Å². The second-order valence-electron chi connectivity index (χ2n) is 8.79. The van der Waals surface area contributed by atoms with Crippen LogP contribution in [0, 0.1) is 18.8 Å². The van der Waals surface area contributed by atoms with E-state index in [1.165, 1.54) is 12.8 Å². The van der Waals surface area contributed by atoms with Crippen molar-refractivity contribution < 1.29 is 5.11 Å². The number of rotatable bonds is 7. The van der Waals surface area contributed by atoms with E-state index in [-0.39, 0.29) is 12.6 Å². The Hall–Kier alpha value is -1.60. The van der Waals surface area contributed by atoms with Gasteiger partial charge in [-0.15, -0.1) is 0 Å². The van der Waals surface area contributed by atoms with Gasteiger partial charge in [-0.3, -0.25) is 4.98 Å². The SMILES string of the molecule is Cc1ncc(N2CC(C3CCCN(CCO)C3)C2)nc1NC(C)c1ccc(Cl)cc1Cl. The van der Waals surface area contributed by atoms with Gasteiger partial charge in [0.2, 0.25) is 0 Å². The molecule has 2 aliphatic heterocycles. The van der Waals surface area contributed by atoms with Crippen LogP contribution in [0.3, 0.4) is 0 Å². The number of nitrogens with zero attached hydrogens (tertiary/aromatic N) is 4. The molecule has 0 radical (unpaired) electrons. The average molecular weight is 464 g/mol. The number of aryl methyl sites for hydroxylation is 1. The molecule has 2 aromatic rings. The van der Waals surface area contributed by atoms with E-state index in [4.69, 9.17) is 28.2 Å². The third kappa shape index (κ3) is 5.25. The monoisotopic (exact) mass is 463 g/mol. The minimum absolute atomic E-state index is 0.0168. The molecule has 0 spiro atoms. The Morgan fingerprint density at radius 1 is 1.23 bits per heavy atom. The molecular formula is C23H31Cl2N5O. The summed E-state index contributed by atoms with van der Waals surface area (Å²) in [4.78, 5) is 14.2. The van der Waals surface area contributed by atoms with Crippen molar-refractivity contribution in [1.29, 1.82) is 0 Å². The lowest BCUT2D eigenvalue weighted by molar-refractivity contribution is 0.101. The average Bonchev–Trinajstić information content (AvgIpc) is 2.70. The number of hydrogen-bond donors (Lipinski definition) is 2. The largest absolute Gasteiger partial charge is 0.395 e. The zero-order valence-electron chi connectivity index (χ0n) is 18.2. The number of aliphatic hydroxyl groups excluding tert-OH is 1. The molecule has 2 N–H and O–H groups in total. The van der Waals surface area contributed by atoms with E-state index in [0.29, 0.717) is 21.9 Å². The fourth-order valence-corrected chi connectivity index (χ4v) is 5.26. The van der Waals surface area contributed by atoms with Crippen molar-refractivity contribution in [3.63, 3.8) is 0 Å². The summed E-state index contributed by atoms with van der Waals surface area (Å²) in [7, 11) is 0. The molecule has 4 rings (SSSR count). The molecule has 0 saturated carbocycles. The summed E-state index contributed by atoms with van der Waals surface area (Å²) in [5.41, 5.74) is 1.84. The summed E-state index contributed by atoms with van der Waals surface area (Å²) in [6.07, 6.45) is 4.38. The Labute approximate surface area is 194 Å². The molecule has 3 heterocycles. The van der Waals surface area contributed by atoms with Crippen LogP contribution in [0.15, 0.2) is 24.4 Å². The number of aromatic nitrogens is 2. The predicted octanol–water partition coefficient (Wildman–Crippen LogP) is 4.41. The summed E-state index contributed by atoms with van der Waals surface area (Å²) in [6, 6.07) is 5.54. The minimum atomic E-state index is -0.0168. The number of piperidine rings is 1. The normalized spacial score (nSPS) is 21.1. The molecule has 2 unspecified atom stereocenters. The number of anilines is 2. The van der Waals surface area contributed by atoms with Crippen LogP contribution < -0.4 is 10.2 Å². The highest BCUT2D eigenvalue weighted by Gasteiger charge is 2.36. The van der Waals surface area contributed by atoms with Gasteiger partial charge in [0.25, 0.3) is 0 Å². The van der Waals surface area contributed by atoms with Gasteiger partial charge in [0, 0.05) is 36.2 Å². The van der Waals surface area contributed by atoms with Gasteiger partial charge >= 0.3 is 0 Å². The van der Waals surface area contributed by atoms with E-state index in [0.717, 1.165) is 55.6 Å². The molecule has 2 fully saturated rings.